The summed E-state index contributed by atoms with van der Waals surface area (Å²) < 4.78 is 0. The molecule has 1 aromatic carbocycles. The standard InChI is InChI=1S/C10H13ClN2O2/c1-10(2,13(14)15)7-12-9-5-3-8(11)4-6-9/h3-6,12H,7H2,1-2H3. The van der Waals surface area contributed by atoms with E-state index in [4.69, 9.17) is 11.6 Å². The van der Waals surface area contributed by atoms with Crippen molar-refractivity contribution < 1.29 is 4.92 Å². The van der Waals surface area contributed by atoms with Crippen LogP contribution in [0.5, 0.6) is 0 Å². The van der Waals surface area contributed by atoms with Crippen LogP contribution >= 0.6 is 11.6 Å². The third-order valence-corrected chi connectivity index (χ3v) is 2.32. The molecule has 0 aromatic heterocycles. The Bertz CT molecular complexity index is 349. The highest BCUT2D eigenvalue weighted by Crippen LogP contribution is 2.15. The van der Waals surface area contributed by atoms with Gasteiger partial charge in [0, 0.05) is 29.5 Å². The highest BCUT2D eigenvalue weighted by molar-refractivity contribution is 6.30. The van der Waals surface area contributed by atoms with E-state index in [-0.39, 0.29) is 11.5 Å². The van der Waals surface area contributed by atoms with Crippen molar-refractivity contribution in [1.82, 2.24) is 0 Å². The van der Waals surface area contributed by atoms with Gasteiger partial charge in [0.15, 0.2) is 0 Å². The van der Waals surface area contributed by atoms with Gasteiger partial charge in [0.25, 0.3) is 0 Å². The predicted octanol–water partition coefficient (Wildman–Crippen LogP) is 2.81. The minimum Gasteiger partial charge on any atom is -0.378 e. The fraction of sp³-hybridized carbons (Fsp3) is 0.400. The molecule has 0 radical (unpaired) electrons. The largest absolute Gasteiger partial charge is 0.378 e. The summed E-state index contributed by atoms with van der Waals surface area (Å²) in [5.74, 6) is 0. The van der Waals surface area contributed by atoms with E-state index < -0.39 is 5.54 Å². The van der Waals surface area contributed by atoms with Crippen LogP contribution in [-0.2, 0) is 0 Å². The molecule has 5 heteroatoms. The topological polar surface area (TPSA) is 55.2 Å². The van der Waals surface area contributed by atoms with Crippen LogP contribution in [0.25, 0.3) is 0 Å². The quantitative estimate of drug-likeness (QED) is 0.637. The van der Waals surface area contributed by atoms with Crippen LogP contribution in [0.2, 0.25) is 5.02 Å². The Kier molecular flexibility index (Phi) is 3.52. The molecule has 0 saturated carbocycles. The Labute approximate surface area is 93.4 Å². The van der Waals surface area contributed by atoms with E-state index in [0.29, 0.717) is 5.02 Å². The molecule has 82 valence electrons. The Morgan fingerprint density at radius 2 is 1.93 bits per heavy atom. The first-order valence-electron chi connectivity index (χ1n) is 4.56. The average Bonchev–Trinajstić information content (AvgIpc) is 2.17. The highest BCUT2D eigenvalue weighted by atomic mass is 35.5. The lowest BCUT2D eigenvalue weighted by atomic mass is 10.1. The molecule has 0 amide bonds. The number of benzene rings is 1. The lowest BCUT2D eigenvalue weighted by Crippen LogP contribution is -2.38. The maximum atomic E-state index is 10.6. The van der Waals surface area contributed by atoms with Crippen LogP contribution < -0.4 is 5.32 Å². The third kappa shape index (κ3) is 3.40. The first kappa shape index (κ1) is 11.8. The Morgan fingerprint density at radius 3 is 2.40 bits per heavy atom. The molecule has 0 saturated heterocycles. The summed E-state index contributed by atoms with van der Waals surface area (Å²) >= 11 is 5.72. The van der Waals surface area contributed by atoms with Crippen LogP contribution in [0, 0.1) is 10.1 Å². The summed E-state index contributed by atoms with van der Waals surface area (Å²) in [6, 6.07) is 7.06. The number of nitro groups is 1. The van der Waals surface area contributed by atoms with Crippen LogP contribution in [0.3, 0.4) is 0 Å². The first-order chi connectivity index (χ1) is 6.92. The third-order valence-electron chi connectivity index (χ3n) is 2.06. The first-order valence-corrected chi connectivity index (χ1v) is 4.93. The van der Waals surface area contributed by atoms with Gasteiger partial charge in [-0.15, -0.1) is 0 Å². The number of hydrogen-bond donors (Lipinski definition) is 1. The van der Waals surface area contributed by atoms with Crippen molar-refractivity contribution in [3.05, 3.63) is 39.4 Å². The fourth-order valence-corrected chi connectivity index (χ4v) is 1.08. The zero-order chi connectivity index (χ0) is 11.5. The van der Waals surface area contributed by atoms with Gasteiger partial charge >= 0.3 is 0 Å². The molecule has 1 N–H and O–H groups in total. The number of anilines is 1. The van der Waals surface area contributed by atoms with Crippen LogP contribution in [-0.4, -0.2) is 17.0 Å². The smallest absolute Gasteiger partial charge is 0.233 e. The Balaban J connectivity index is 2.57. The predicted molar refractivity (Wildman–Crippen MR) is 61.0 cm³/mol. The molecule has 0 spiro atoms. The van der Waals surface area contributed by atoms with Gasteiger partial charge in [-0.1, -0.05) is 11.6 Å². The zero-order valence-electron chi connectivity index (χ0n) is 8.66. The second-order valence-corrected chi connectivity index (χ2v) is 4.37. The molecular weight excluding hydrogens is 216 g/mol. The second kappa shape index (κ2) is 4.49. The molecule has 0 heterocycles. The monoisotopic (exact) mass is 228 g/mol. The molecule has 1 rings (SSSR count). The van der Waals surface area contributed by atoms with Crippen molar-refractivity contribution in [2.45, 2.75) is 19.4 Å². The van der Waals surface area contributed by atoms with E-state index in [1.807, 2.05) is 0 Å². The molecule has 0 fully saturated rings. The SMILES string of the molecule is CC(C)(CNc1ccc(Cl)cc1)[N+](=O)[O-]. The molecule has 1 aromatic rings. The molecule has 0 unspecified atom stereocenters. The molecule has 4 nitrogen and oxygen atoms in total. The fourth-order valence-electron chi connectivity index (χ4n) is 0.951. The minimum atomic E-state index is -0.973. The summed E-state index contributed by atoms with van der Waals surface area (Å²) in [7, 11) is 0. The van der Waals surface area contributed by atoms with E-state index in [0.717, 1.165) is 5.69 Å². The maximum absolute atomic E-state index is 10.6. The molecule has 0 bridgehead atoms. The van der Waals surface area contributed by atoms with Crippen molar-refractivity contribution in [3.8, 4) is 0 Å². The van der Waals surface area contributed by atoms with Gasteiger partial charge in [-0.05, 0) is 24.3 Å². The lowest BCUT2D eigenvalue weighted by molar-refractivity contribution is -0.556. The number of halogens is 1. The Morgan fingerprint density at radius 1 is 1.40 bits per heavy atom. The molecule has 15 heavy (non-hydrogen) atoms. The van der Waals surface area contributed by atoms with E-state index >= 15 is 0 Å². The van der Waals surface area contributed by atoms with Gasteiger partial charge in [-0.25, -0.2) is 0 Å². The average molecular weight is 229 g/mol. The highest BCUT2D eigenvalue weighted by Gasteiger charge is 2.29. The van der Waals surface area contributed by atoms with Crippen molar-refractivity contribution in [3.63, 3.8) is 0 Å². The number of nitrogens with one attached hydrogen (secondary N) is 1. The van der Waals surface area contributed by atoms with Crippen molar-refractivity contribution >= 4 is 17.3 Å². The van der Waals surface area contributed by atoms with Crippen LogP contribution in [0.4, 0.5) is 5.69 Å². The molecule has 0 aliphatic heterocycles. The van der Waals surface area contributed by atoms with Gasteiger partial charge in [0.2, 0.25) is 5.54 Å². The van der Waals surface area contributed by atoms with Crippen molar-refractivity contribution in [1.29, 1.82) is 0 Å². The van der Waals surface area contributed by atoms with Gasteiger partial charge in [-0.3, -0.25) is 10.1 Å². The van der Waals surface area contributed by atoms with E-state index in [9.17, 15) is 10.1 Å². The van der Waals surface area contributed by atoms with Gasteiger partial charge < -0.3 is 5.32 Å². The Hall–Kier alpha value is -1.29. The summed E-state index contributed by atoms with van der Waals surface area (Å²) in [6.45, 7) is 3.44. The molecule has 0 aliphatic rings. The number of hydrogen-bond acceptors (Lipinski definition) is 3. The second-order valence-electron chi connectivity index (χ2n) is 3.93. The minimum absolute atomic E-state index is 0.279. The summed E-state index contributed by atoms with van der Waals surface area (Å²) in [6.07, 6.45) is 0. The van der Waals surface area contributed by atoms with Gasteiger partial charge in [0.05, 0.1) is 6.54 Å². The van der Waals surface area contributed by atoms with Gasteiger partial charge in [-0.2, -0.15) is 0 Å². The van der Waals surface area contributed by atoms with E-state index in [1.165, 1.54) is 0 Å². The summed E-state index contributed by atoms with van der Waals surface area (Å²) in [4.78, 5) is 10.3. The maximum Gasteiger partial charge on any atom is 0.233 e. The van der Waals surface area contributed by atoms with Crippen molar-refractivity contribution in [2.24, 2.45) is 0 Å². The number of nitrogens with zero attached hydrogens (tertiary/aromatic N) is 1. The van der Waals surface area contributed by atoms with E-state index in [2.05, 4.69) is 5.32 Å². The molecular formula is C10H13ClN2O2. The zero-order valence-corrected chi connectivity index (χ0v) is 9.41. The van der Waals surface area contributed by atoms with Crippen LogP contribution in [0.1, 0.15) is 13.8 Å². The molecule has 0 atom stereocenters. The number of rotatable bonds is 4. The van der Waals surface area contributed by atoms with Crippen LogP contribution in [0.15, 0.2) is 24.3 Å². The summed E-state index contributed by atoms with van der Waals surface area (Å²) in [5, 5.41) is 14.3. The normalized spacial score (nSPS) is 11.1. The summed E-state index contributed by atoms with van der Waals surface area (Å²) in [5.41, 5.74) is -0.145. The van der Waals surface area contributed by atoms with Crippen molar-refractivity contribution in [2.75, 3.05) is 11.9 Å². The molecule has 0 aliphatic carbocycles. The lowest BCUT2D eigenvalue weighted by Gasteiger charge is -2.16. The van der Waals surface area contributed by atoms with E-state index in [1.54, 1.807) is 38.1 Å². The van der Waals surface area contributed by atoms with Gasteiger partial charge in [0.1, 0.15) is 0 Å².